The van der Waals surface area contributed by atoms with Crippen LogP contribution < -0.4 is 5.32 Å². The van der Waals surface area contributed by atoms with E-state index in [-0.39, 0.29) is 5.91 Å². The van der Waals surface area contributed by atoms with Gasteiger partial charge in [0.05, 0.1) is 5.69 Å². The highest BCUT2D eigenvalue weighted by Gasteiger charge is 2.63. The maximum absolute atomic E-state index is 13.1. The molecule has 2 aromatic heterocycles. The van der Waals surface area contributed by atoms with Crippen molar-refractivity contribution in [1.29, 1.82) is 0 Å². The molecule has 33 heavy (non-hydrogen) atoms. The van der Waals surface area contributed by atoms with Crippen LogP contribution in [0, 0.1) is 23.2 Å². The van der Waals surface area contributed by atoms with Crippen molar-refractivity contribution < 1.29 is 14.7 Å². The third-order valence-electron chi connectivity index (χ3n) is 8.04. The smallest absolute Gasteiger partial charge is 0.312 e. The van der Waals surface area contributed by atoms with Gasteiger partial charge in [-0.05, 0) is 85.1 Å². The van der Waals surface area contributed by atoms with Gasteiger partial charge in [0, 0.05) is 17.8 Å². The van der Waals surface area contributed by atoms with Crippen molar-refractivity contribution in [3.63, 3.8) is 0 Å². The summed E-state index contributed by atoms with van der Waals surface area (Å²) in [6.45, 7) is 0.728. The van der Waals surface area contributed by atoms with Gasteiger partial charge in [-0.1, -0.05) is 29.8 Å². The molecule has 5 atom stereocenters. The van der Waals surface area contributed by atoms with Crippen molar-refractivity contribution in [1.82, 2.24) is 14.7 Å². The second-order valence-electron chi connectivity index (χ2n) is 10.2. The quantitative estimate of drug-likeness (QED) is 0.537. The molecule has 0 spiro atoms. The van der Waals surface area contributed by atoms with Gasteiger partial charge in [-0.3, -0.25) is 14.0 Å². The van der Waals surface area contributed by atoms with Gasteiger partial charge in [0.1, 0.15) is 17.3 Å². The number of carboxylic acid groups (broad SMARTS) is 1. The Bertz CT molecular complexity index is 1250. The fraction of sp³-hybridized carbons (Fsp3) is 0.423. The molecule has 3 aliphatic carbocycles. The fourth-order valence-corrected chi connectivity index (χ4v) is 6.07. The fourth-order valence-electron chi connectivity index (χ4n) is 5.94. The first-order valence-electron chi connectivity index (χ1n) is 11.7. The van der Waals surface area contributed by atoms with Gasteiger partial charge >= 0.3 is 5.97 Å². The maximum Gasteiger partial charge on any atom is 0.312 e. The Labute approximate surface area is 197 Å². The second kappa shape index (κ2) is 7.59. The predicted molar refractivity (Wildman–Crippen MR) is 124 cm³/mol. The molecular weight excluding hydrogens is 438 g/mol. The van der Waals surface area contributed by atoms with Crippen molar-refractivity contribution in [3.05, 3.63) is 70.6 Å². The molecule has 1 amide bonds. The van der Waals surface area contributed by atoms with Crippen molar-refractivity contribution in [2.24, 2.45) is 23.2 Å². The Hall–Kier alpha value is -2.86. The number of nitrogens with one attached hydrogen (secondary N) is 1. The number of benzene rings is 1. The zero-order chi connectivity index (χ0) is 22.7. The standard InChI is InChI=1S/C26H26ClN3O3/c27-19-6-4-15(5-7-19)8-20(25(32)33)21-13-30-22(2-1-3-23(30)29-21)24(31)28-14-26-11-17-9-16(17)10-18(26)12-26/h1-7,13,16-18,20H,8-12,14H2,(H,28,31)(H,32,33). The third-order valence-corrected chi connectivity index (χ3v) is 8.29. The Morgan fingerprint density at radius 2 is 1.97 bits per heavy atom. The molecule has 6 nitrogen and oxygen atoms in total. The van der Waals surface area contributed by atoms with Crippen LogP contribution in [0.1, 0.15) is 53.3 Å². The molecule has 0 radical (unpaired) electrons. The number of aromatic nitrogens is 2. The highest BCUT2D eigenvalue weighted by Crippen LogP contribution is 2.70. The lowest BCUT2D eigenvalue weighted by atomic mass is 9.88. The highest BCUT2D eigenvalue weighted by atomic mass is 35.5. The monoisotopic (exact) mass is 463 g/mol. The Morgan fingerprint density at radius 1 is 1.15 bits per heavy atom. The topological polar surface area (TPSA) is 83.7 Å². The molecule has 2 N–H and O–H groups in total. The minimum atomic E-state index is -0.950. The number of carboxylic acids is 1. The van der Waals surface area contributed by atoms with Gasteiger partial charge in [-0.15, -0.1) is 0 Å². The number of amides is 1. The van der Waals surface area contributed by atoms with E-state index < -0.39 is 11.9 Å². The molecule has 2 heterocycles. The van der Waals surface area contributed by atoms with Gasteiger partial charge in [0.25, 0.3) is 5.91 Å². The number of carbonyl (C=O) groups excluding carboxylic acids is 1. The van der Waals surface area contributed by atoms with Crippen LogP contribution in [0.4, 0.5) is 0 Å². The molecular formula is C26H26ClN3O3. The second-order valence-corrected chi connectivity index (χ2v) is 10.6. The summed E-state index contributed by atoms with van der Waals surface area (Å²) in [5.74, 6) is 0.715. The first kappa shape index (κ1) is 20.7. The lowest BCUT2D eigenvalue weighted by Crippen LogP contribution is -2.33. The van der Waals surface area contributed by atoms with Crippen molar-refractivity contribution in [2.45, 2.75) is 38.0 Å². The molecule has 3 aromatic rings. The summed E-state index contributed by atoms with van der Waals surface area (Å²) < 4.78 is 1.71. The zero-order valence-corrected chi connectivity index (χ0v) is 19.0. The molecule has 0 aliphatic heterocycles. The van der Waals surface area contributed by atoms with Crippen molar-refractivity contribution in [3.8, 4) is 0 Å². The van der Waals surface area contributed by atoms with E-state index in [4.69, 9.17) is 11.6 Å². The molecule has 3 aliphatic rings. The Morgan fingerprint density at radius 3 is 2.76 bits per heavy atom. The van der Waals surface area contributed by atoms with E-state index in [9.17, 15) is 14.7 Å². The Kier molecular flexibility index (Phi) is 4.77. The summed E-state index contributed by atoms with van der Waals surface area (Å²) in [6.07, 6.45) is 7.20. The molecule has 1 aromatic carbocycles. The van der Waals surface area contributed by atoms with E-state index in [0.29, 0.717) is 33.9 Å². The summed E-state index contributed by atoms with van der Waals surface area (Å²) in [6, 6.07) is 12.5. The van der Waals surface area contributed by atoms with Crippen LogP contribution in [0.25, 0.3) is 5.65 Å². The third kappa shape index (κ3) is 3.80. The molecule has 7 heteroatoms. The average molecular weight is 464 g/mol. The van der Waals surface area contributed by atoms with E-state index in [1.54, 1.807) is 40.9 Å². The minimum absolute atomic E-state index is 0.132. The SMILES string of the molecule is O=C(NCC12CC3CC3CC1C2)c1cccc2nc(C(Cc3ccc(Cl)cc3)C(=O)O)cn12. The number of nitrogens with zero attached hydrogens (tertiary/aromatic N) is 2. The van der Waals surface area contributed by atoms with E-state index in [1.165, 1.54) is 25.7 Å². The average Bonchev–Trinajstić information content (AvgIpc) is 3.66. The molecule has 3 saturated carbocycles. The number of fused-ring (bicyclic) bond motifs is 3. The highest BCUT2D eigenvalue weighted by molar-refractivity contribution is 6.30. The largest absolute Gasteiger partial charge is 0.481 e. The van der Waals surface area contributed by atoms with Crippen LogP contribution in [0.15, 0.2) is 48.7 Å². The number of halogens is 1. The molecule has 0 saturated heterocycles. The van der Waals surface area contributed by atoms with Crippen LogP contribution in [-0.4, -0.2) is 32.9 Å². The van der Waals surface area contributed by atoms with Crippen LogP contribution in [0.3, 0.4) is 0 Å². The van der Waals surface area contributed by atoms with Gasteiger partial charge < -0.3 is 10.4 Å². The van der Waals surface area contributed by atoms with E-state index >= 15 is 0 Å². The molecule has 0 bridgehead atoms. The normalized spacial score (nSPS) is 28.0. The van der Waals surface area contributed by atoms with Crippen LogP contribution in [0.5, 0.6) is 0 Å². The van der Waals surface area contributed by atoms with E-state index in [1.807, 2.05) is 12.1 Å². The summed E-state index contributed by atoms with van der Waals surface area (Å²) in [7, 11) is 0. The number of hydrogen-bond donors (Lipinski definition) is 2. The number of hydrogen-bond acceptors (Lipinski definition) is 3. The Balaban J connectivity index is 1.22. The number of aliphatic carboxylic acids is 1. The van der Waals surface area contributed by atoms with Crippen molar-refractivity contribution >= 4 is 29.1 Å². The van der Waals surface area contributed by atoms with Crippen molar-refractivity contribution in [2.75, 3.05) is 6.54 Å². The zero-order valence-electron chi connectivity index (χ0n) is 18.2. The van der Waals surface area contributed by atoms with Crippen LogP contribution in [-0.2, 0) is 11.2 Å². The lowest BCUT2D eigenvalue weighted by molar-refractivity contribution is -0.138. The molecule has 3 fully saturated rings. The number of imidazole rings is 1. The number of carbonyl (C=O) groups is 2. The van der Waals surface area contributed by atoms with Gasteiger partial charge in [0.2, 0.25) is 0 Å². The summed E-state index contributed by atoms with van der Waals surface area (Å²) in [4.78, 5) is 29.7. The van der Waals surface area contributed by atoms with Gasteiger partial charge in [0.15, 0.2) is 0 Å². The van der Waals surface area contributed by atoms with Gasteiger partial charge in [-0.25, -0.2) is 4.98 Å². The predicted octanol–water partition coefficient (Wildman–Crippen LogP) is 4.56. The lowest BCUT2D eigenvalue weighted by Gasteiger charge is -2.22. The first-order valence-corrected chi connectivity index (χ1v) is 12.0. The van der Waals surface area contributed by atoms with E-state index in [2.05, 4.69) is 10.3 Å². The maximum atomic E-state index is 13.1. The van der Waals surface area contributed by atoms with Crippen LogP contribution >= 0.6 is 11.6 Å². The van der Waals surface area contributed by atoms with Crippen LogP contribution in [0.2, 0.25) is 5.02 Å². The van der Waals surface area contributed by atoms with E-state index in [0.717, 1.165) is 29.9 Å². The molecule has 5 unspecified atom stereocenters. The first-order chi connectivity index (χ1) is 15.9. The summed E-state index contributed by atoms with van der Waals surface area (Å²) in [5, 5.41) is 13.7. The minimum Gasteiger partial charge on any atom is -0.481 e. The summed E-state index contributed by atoms with van der Waals surface area (Å²) >= 11 is 5.95. The number of pyridine rings is 1. The molecule has 170 valence electrons. The molecule has 6 rings (SSSR count). The number of rotatable bonds is 7. The van der Waals surface area contributed by atoms with Gasteiger partial charge in [-0.2, -0.15) is 0 Å². The summed E-state index contributed by atoms with van der Waals surface area (Å²) in [5.41, 5.74) is 2.67.